The molecule has 0 bridgehead atoms. The van der Waals surface area contributed by atoms with E-state index in [1.807, 2.05) is 13.0 Å². The van der Waals surface area contributed by atoms with Crippen molar-refractivity contribution in [1.29, 1.82) is 0 Å². The molecule has 0 aliphatic carbocycles. The first-order chi connectivity index (χ1) is 7.24. The second kappa shape index (κ2) is 3.73. The quantitative estimate of drug-likeness (QED) is 0.773. The van der Waals surface area contributed by atoms with Crippen LogP contribution in [0.2, 0.25) is 0 Å². The van der Waals surface area contributed by atoms with Gasteiger partial charge in [-0.3, -0.25) is 0 Å². The van der Waals surface area contributed by atoms with Crippen LogP contribution in [0.4, 0.5) is 5.82 Å². The number of fused-ring (bicyclic) bond motifs is 1. The van der Waals surface area contributed by atoms with Gasteiger partial charge in [-0.05, 0) is 18.9 Å². The average molecular weight is 202 g/mol. The molecule has 0 amide bonds. The Kier molecular flexibility index (Phi) is 2.41. The highest BCUT2D eigenvalue weighted by atomic mass is 15.1. The number of hydrogen-bond acceptors (Lipinski definition) is 3. The smallest absolute Gasteiger partial charge is 0.145 e. The second-order valence-corrected chi connectivity index (χ2v) is 3.54. The first-order valence-corrected chi connectivity index (χ1v) is 4.91. The van der Waals surface area contributed by atoms with Crippen molar-refractivity contribution in [1.82, 2.24) is 14.5 Å². The van der Waals surface area contributed by atoms with Crippen molar-refractivity contribution in [3.63, 3.8) is 0 Å². The van der Waals surface area contributed by atoms with Crippen LogP contribution >= 0.6 is 0 Å². The summed E-state index contributed by atoms with van der Waals surface area (Å²) in [7, 11) is 0. The van der Waals surface area contributed by atoms with Crippen LogP contribution in [-0.2, 0) is 6.54 Å². The third-order valence-electron chi connectivity index (χ3n) is 2.45. The number of nitrogens with two attached hydrogens (primary N) is 1. The molecule has 0 aliphatic rings. The van der Waals surface area contributed by atoms with Gasteiger partial charge in [0.25, 0.3) is 0 Å². The van der Waals surface area contributed by atoms with Gasteiger partial charge in [-0.15, -0.1) is 6.58 Å². The fourth-order valence-corrected chi connectivity index (χ4v) is 1.75. The van der Waals surface area contributed by atoms with Crippen molar-refractivity contribution in [2.75, 3.05) is 5.73 Å². The predicted octanol–water partition coefficient (Wildman–Crippen LogP) is 1.90. The number of nitrogens with zero attached hydrogens (tertiary/aromatic N) is 3. The summed E-state index contributed by atoms with van der Waals surface area (Å²) in [4.78, 5) is 8.25. The van der Waals surface area contributed by atoms with Crippen molar-refractivity contribution < 1.29 is 0 Å². The Morgan fingerprint density at radius 1 is 1.53 bits per heavy atom. The van der Waals surface area contributed by atoms with Gasteiger partial charge in [-0.1, -0.05) is 6.08 Å². The first-order valence-electron chi connectivity index (χ1n) is 4.91. The zero-order valence-electron chi connectivity index (χ0n) is 8.77. The molecule has 0 saturated heterocycles. The summed E-state index contributed by atoms with van der Waals surface area (Å²) in [6.07, 6.45) is 6.37. The third-order valence-corrected chi connectivity index (χ3v) is 2.45. The Labute approximate surface area is 88.4 Å². The maximum atomic E-state index is 5.81. The summed E-state index contributed by atoms with van der Waals surface area (Å²) < 4.78 is 2.09. The fourth-order valence-electron chi connectivity index (χ4n) is 1.75. The van der Waals surface area contributed by atoms with Crippen molar-refractivity contribution >= 4 is 16.9 Å². The Balaban J connectivity index is 2.57. The SMILES string of the molecule is C=CCCn1cc(C)c2c(N)ncnc21. The number of allylic oxidation sites excluding steroid dienone is 1. The lowest BCUT2D eigenvalue weighted by Crippen LogP contribution is -1.98. The van der Waals surface area contributed by atoms with Gasteiger partial charge in [-0.25, -0.2) is 9.97 Å². The van der Waals surface area contributed by atoms with E-state index in [9.17, 15) is 0 Å². The maximum Gasteiger partial charge on any atom is 0.145 e. The number of aromatic nitrogens is 3. The van der Waals surface area contributed by atoms with Crippen molar-refractivity contribution in [2.45, 2.75) is 19.9 Å². The van der Waals surface area contributed by atoms with Gasteiger partial charge in [0, 0.05) is 12.7 Å². The lowest BCUT2D eigenvalue weighted by atomic mass is 10.2. The van der Waals surface area contributed by atoms with Crippen LogP contribution in [0.15, 0.2) is 25.2 Å². The number of nitrogen functional groups attached to an aromatic ring is 1. The third kappa shape index (κ3) is 1.58. The monoisotopic (exact) mass is 202 g/mol. The highest BCUT2D eigenvalue weighted by molar-refractivity contribution is 5.89. The van der Waals surface area contributed by atoms with E-state index in [0.717, 1.165) is 29.6 Å². The summed E-state index contributed by atoms with van der Waals surface area (Å²) in [6.45, 7) is 6.61. The van der Waals surface area contributed by atoms with Crippen LogP contribution in [0, 0.1) is 6.92 Å². The molecule has 4 nitrogen and oxygen atoms in total. The Morgan fingerprint density at radius 2 is 2.33 bits per heavy atom. The largest absolute Gasteiger partial charge is 0.383 e. The van der Waals surface area contributed by atoms with Gasteiger partial charge in [-0.2, -0.15) is 0 Å². The Morgan fingerprint density at radius 3 is 3.07 bits per heavy atom. The zero-order chi connectivity index (χ0) is 10.8. The number of anilines is 1. The second-order valence-electron chi connectivity index (χ2n) is 3.54. The minimum Gasteiger partial charge on any atom is -0.383 e. The lowest BCUT2D eigenvalue weighted by molar-refractivity contribution is 0.729. The van der Waals surface area contributed by atoms with E-state index >= 15 is 0 Å². The molecule has 2 aromatic heterocycles. The van der Waals surface area contributed by atoms with E-state index in [0.29, 0.717) is 5.82 Å². The van der Waals surface area contributed by atoms with E-state index in [2.05, 4.69) is 27.3 Å². The van der Waals surface area contributed by atoms with Gasteiger partial charge in [0.05, 0.1) is 5.39 Å². The molecule has 78 valence electrons. The zero-order valence-corrected chi connectivity index (χ0v) is 8.77. The summed E-state index contributed by atoms with van der Waals surface area (Å²) in [5.41, 5.74) is 7.84. The molecule has 0 spiro atoms. The van der Waals surface area contributed by atoms with Gasteiger partial charge in [0.1, 0.15) is 17.8 Å². The molecule has 0 radical (unpaired) electrons. The van der Waals surface area contributed by atoms with E-state index in [-0.39, 0.29) is 0 Å². The molecule has 0 saturated carbocycles. The predicted molar refractivity (Wildman–Crippen MR) is 61.5 cm³/mol. The number of hydrogen-bond donors (Lipinski definition) is 1. The molecule has 0 aliphatic heterocycles. The van der Waals surface area contributed by atoms with Crippen LogP contribution in [0.3, 0.4) is 0 Å². The molecular formula is C11H14N4. The Hall–Kier alpha value is -1.84. The normalized spacial score (nSPS) is 10.7. The van der Waals surface area contributed by atoms with E-state index in [4.69, 9.17) is 5.73 Å². The van der Waals surface area contributed by atoms with E-state index in [1.54, 1.807) is 0 Å². The van der Waals surface area contributed by atoms with Crippen LogP contribution in [0.25, 0.3) is 11.0 Å². The Bertz CT molecular complexity index is 499. The molecule has 2 N–H and O–H groups in total. The molecule has 0 aromatic carbocycles. The molecule has 4 heteroatoms. The maximum absolute atomic E-state index is 5.81. The first kappa shape index (κ1) is 9.71. The van der Waals surface area contributed by atoms with E-state index in [1.165, 1.54) is 6.33 Å². The topological polar surface area (TPSA) is 56.7 Å². The minimum absolute atomic E-state index is 0.551. The summed E-state index contributed by atoms with van der Waals surface area (Å²) in [5, 5.41) is 0.960. The van der Waals surface area contributed by atoms with Gasteiger partial charge >= 0.3 is 0 Å². The van der Waals surface area contributed by atoms with E-state index < -0.39 is 0 Å². The standard InChI is InChI=1S/C11H14N4/c1-3-4-5-15-6-8(2)9-10(12)13-7-14-11(9)15/h3,6-7H,1,4-5H2,2H3,(H2,12,13,14). The van der Waals surface area contributed by atoms with Crippen LogP contribution < -0.4 is 5.73 Å². The lowest BCUT2D eigenvalue weighted by Gasteiger charge is -2.01. The molecule has 0 atom stereocenters. The molecule has 2 aromatic rings. The molecular weight excluding hydrogens is 188 g/mol. The number of rotatable bonds is 3. The van der Waals surface area contributed by atoms with Crippen molar-refractivity contribution in [2.24, 2.45) is 0 Å². The molecule has 2 heterocycles. The molecule has 0 fully saturated rings. The van der Waals surface area contributed by atoms with Gasteiger partial charge in [0.2, 0.25) is 0 Å². The number of aryl methyl sites for hydroxylation is 2. The highest BCUT2D eigenvalue weighted by Crippen LogP contribution is 2.22. The van der Waals surface area contributed by atoms with Gasteiger partial charge < -0.3 is 10.3 Å². The molecule has 0 unspecified atom stereocenters. The summed E-state index contributed by atoms with van der Waals surface area (Å²) in [6, 6.07) is 0. The fraction of sp³-hybridized carbons (Fsp3) is 0.273. The van der Waals surface area contributed by atoms with Crippen molar-refractivity contribution in [3.8, 4) is 0 Å². The highest BCUT2D eigenvalue weighted by Gasteiger charge is 2.09. The minimum atomic E-state index is 0.551. The summed E-state index contributed by atoms with van der Waals surface area (Å²) >= 11 is 0. The van der Waals surface area contributed by atoms with Crippen LogP contribution in [-0.4, -0.2) is 14.5 Å². The van der Waals surface area contributed by atoms with Gasteiger partial charge in [0.15, 0.2) is 0 Å². The molecule has 15 heavy (non-hydrogen) atoms. The molecule has 2 rings (SSSR count). The van der Waals surface area contributed by atoms with Crippen molar-refractivity contribution in [3.05, 3.63) is 30.7 Å². The van der Waals surface area contributed by atoms with Crippen LogP contribution in [0.5, 0.6) is 0 Å². The summed E-state index contributed by atoms with van der Waals surface area (Å²) in [5.74, 6) is 0.551. The average Bonchev–Trinajstić information content (AvgIpc) is 2.54. The van der Waals surface area contributed by atoms with Crippen LogP contribution in [0.1, 0.15) is 12.0 Å².